The SMILES string of the molecule is Cc1ccc(NC(=O)C(C)SCc2ccccc2)c(F)c1. The van der Waals surface area contributed by atoms with Gasteiger partial charge in [-0.3, -0.25) is 4.79 Å². The molecule has 0 aliphatic carbocycles. The highest BCUT2D eigenvalue weighted by Crippen LogP contribution is 2.20. The first-order valence-corrected chi connectivity index (χ1v) is 7.83. The molecule has 0 radical (unpaired) electrons. The third kappa shape index (κ3) is 4.60. The summed E-state index contributed by atoms with van der Waals surface area (Å²) in [5.41, 5.74) is 2.23. The van der Waals surface area contributed by atoms with E-state index in [1.807, 2.05) is 44.2 Å². The van der Waals surface area contributed by atoms with Gasteiger partial charge < -0.3 is 5.32 Å². The van der Waals surface area contributed by atoms with Crippen LogP contribution in [0.1, 0.15) is 18.1 Å². The molecular weight excluding hydrogens is 285 g/mol. The predicted molar refractivity (Wildman–Crippen MR) is 87.0 cm³/mol. The van der Waals surface area contributed by atoms with Crippen LogP contribution in [0.4, 0.5) is 10.1 Å². The van der Waals surface area contributed by atoms with E-state index in [2.05, 4.69) is 5.32 Å². The lowest BCUT2D eigenvalue weighted by Crippen LogP contribution is -2.23. The van der Waals surface area contributed by atoms with Crippen LogP contribution in [0.15, 0.2) is 48.5 Å². The van der Waals surface area contributed by atoms with Crippen molar-refractivity contribution in [3.05, 3.63) is 65.5 Å². The number of carbonyl (C=O) groups is 1. The van der Waals surface area contributed by atoms with E-state index in [1.54, 1.807) is 12.1 Å². The second kappa shape index (κ2) is 7.27. The molecule has 0 aromatic heterocycles. The zero-order valence-electron chi connectivity index (χ0n) is 12.1. The average Bonchev–Trinajstić information content (AvgIpc) is 2.48. The highest BCUT2D eigenvalue weighted by Gasteiger charge is 2.15. The maximum absolute atomic E-state index is 13.7. The molecule has 0 fully saturated rings. The number of anilines is 1. The number of thioether (sulfide) groups is 1. The third-order valence-electron chi connectivity index (χ3n) is 3.09. The van der Waals surface area contributed by atoms with Gasteiger partial charge in [0.1, 0.15) is 5.82 Å². The van der Waals surface area contributed by atoms with Crippen LogP contribution in [0.2, 0.25) is 0 Å². The Kier molecular flexibility index (Phi) is 5.39. The van der Waals surface area contributed by atoms with E-state index in [-0.39, 0.29) is 16.8 Å². The third-order valence-corrected chi connectivity index (χ3v) is 4.31. The first kappa shape index (κ1) is 15.6. The number of halogens is 1. The number of rotatable bonds is 5. The summed E-state index contributed by atoms with van der Waals surface area (Å²) < 4.78 is 13.7. The van der Waals surface area contributed by atoms with Gasteiger partial charge >= 0.3 is 0 Å². The van der Waals surface area contributed by atoms with Crippen molar-refractivity contribution in [1.82, 2.24) is 0 Å². The normalized spacial score (nSPS) is 12.0. The molecule has 2 aromatic carbocycles. The van der Waals surface area contributed by atoms with E-state index in [4.69, 9.17) is 0 Å². The fraction of sp³-hybridized carbons (Fsp3) is 0.235. The number of aryl methyl sites for hydroxylation is 1. The van der Waals surface area contributed by atoms with Crippen molar-refractivity contribution in [3.63, 3.8) is 0 Å². The summed E-state index contributed by atoms with van der Waals surface area (Å²) in [6.07, 6.45) is 0. The van der Waals surface area contributed by atoms with Gasteiger partial charge in [-0.15, -0.1) is 11.8 Å². The number of carbonyl (C=O) groups excluding carboxylic acids is 1. The molecule has 1 unspecified atom stereocenters. The average molecular weight is 303 g/mol. The molecule has 0 aliphatic rings. The Balaban J connectivity index is 1.90. The summed E-state index contributed by atoms with van der Waals surface area (Å²) in [5, 5.41) is 2.39. The minimum absolute atomic E-state index is 0.182. The van der Waals surface area contributed by atoms with E-state index >= 15 is 0 Å². The van der Waals surface area contributed by atoms with Crippen molar-refractivity contribution in [2.45, 2.75) is 24.9 Å². The van der Waals surface area contributed by atoms with Gasteiger partial charge in [0.05, 0.1) is 10.9 Å². The molecule has 1 amide bonds. The molecule has 1 atom stereocenters. The first-order chi connectivity index (χ1) is 10.1. The summed E-state index contributed by atoms with van der Waals surface area (Å²) in [7, 11) is 0. The van der Waals surface area contributed by atoms with Gasteiger partial charge in [-0.05, 0) is 37.1 Å². The second-order valence-electron chi connectivity index (χ2n) is 4.91. The van der Waals surface area contributed by atoms with E-state index in [0.717, 1.165) is 11.3 Å². The molecule has 21 heavy (non-hydrogen) atoms. The quantitative estimate of drug-likeness (QED) is 0.887. The maximum atomic E-state index is 13.7. The van der Waals surface area contributed by atoms with Crippen molar-refractivity contribution in [2.24, 2.45) is 0 Å². The molecular formula is C17H18FNOS. The van der Waals surface area contributed by atoms with Crippen molar-refractivity contribution >= 4 is 23.4 Å². The van der Waals surface area contributed by atoms with Crippen LogP contribution < -0.4 is 5.32 Å². The van der Waals surface area contributed by atoms with E-state index in [0.29, 0.717) is 0 Å². The molecule has 0 saturated heterocycles. The van der Waals surface area contributed by atoms with Gasteiger partial charge in [-0.25, -0.2) is 4.39 Å². The summed E-state index contributed by atoms with van der Waals surface area (Å²) >= 11 is 1.53. The molecule has 1 N–H and O–H groups in total. The summed E-state index contributed by atoms with van der Waals surface area (Å²) in [6.45, 7) is 3.64. The smallest absolute Gasteiger partial charge is 0.237 e. The Labute approximate surface area is 128 Å². The standard InChI is InChI=1S/C17H18FNOS/c1-12-8-9-16(15(18)10-12)19-17(20)13(2)21-11-14-6-4-3-5-7-14/h3-10,13H,11H2,1-2H3,(H,19,20). The fourth-order valence-electron chi connectivity index (χ4n) is 1.83. The van der Waals surface area contributed by atoms with Crippen LogP contribution in [-0.4, -0.2) is 11.2 Å². The summed E-state index contributed by atoms with van der Waals surface area (Å²) in [4.78, 5) is 12.1. The lowest BCUT2D eigenvalue weighted by molar-refractivity contribution is -0.115. The molecule has 0 heterocycles. The van der Waals surface area contributed by atoms with Crippen molar-refractivity contribution in [2.75, 3.05) is 5.32 Å². The molecule has 0 aliphatic heterocycles. The van der Waals surface area contributed by atoms with Crippen LogP contribution in [0.3, 0.4) is 0 Å². The largest absolute Gasteiger partial charge is 0.323 e. The van der Waals surface area contributed by atoms with E-state index in [9.17, 15) is 9.18 Å². The minimum atomic E-state index is -0.399. The first-order valence-electron chi connectivity index (χ1n) is 6.79. The molecule has 0 bridgehead atoms. The van der Waals surface area contributed by atoms with E-state index in [1.165, 1.54) is 23.4 Å². The lowest BCUT2D eigenvalue weighted by Gasteiger charge is -2.13. The van der Waals surface area contributed by atoms with Gasteiger partial charge in [0, 0.05) is 5.75 Å². The maximum Gasteiger partial charge on any atom is 0.237 e. The van der Waals surface area contributed by atoms with Crippen LogP contribution in [-0.2, 0) is 10.5 Å². The van der Waals surface area contributed by atoms with Gasteiger partial charge in [0.25, 0.3) is 0 Å². The van der Waals surface area contributed by atoms with Crippen LogP contribution in [0.5, 0.6) is 0 Å². The molecule has 4 heteroatoms. The van der Waals surface area contributed by atoms with Crippen molar-refractivity contribution < 1.29 is 9.18 Å². The number of hydrogen-bond acceptors (Lipinski definition) is 2. The number of benzene rings is 2. The highest BCUT2D eigenvalue weighted by molar-refractivity contribution is 7.99. The highest BCUT2D eigenvalue weighted by atomic mass is 32.2. The molecule has 0 saturated carbocycles. The zero-order chi connectivity index (χ0) is 15.2. The van der Waals surface area contributed by atoms with Crippen molar-refractivity contribution in [1.29, 1.82) is 0 Å². The molecule has 2 nitrogen and oxygen atoms in total. The minimum Gasteiger partial charge on any atom is -0.323 e. The second-order valence-corrected chi connectivity index (χ2v) is 6.24. The number of amides is 1. The molecule has 2 aromatic rings. The Hall–Kier alpha value is -1.81. The van der Waals surface area contributed by atoms with Gasteiger partial charge in [0.15, 0.2) is 0 Å². The van der Waals surface area contributed by atoms with Crippen LogP contribution >= 0.6 is 11.8 Å². The lowest BCUT2D eigenvalue weighted by atomic mass is 10.2. The molecule has 2 rings (SSSR count). The Morgan fingerprint density at radius 2 is 1.95 bits per heavy atom. The van der Waals surface area contributed by atoms with Crippen LogP contribution in [0.25, 0.3) is 0 Å². The predicted octanol–water partition coefficient (Wildman–Crippen LogP) is 4.39. The molecule has 0 spiro atoms. The number of hydrogen-bond donors (Lipinski definition) is 1. The Bertz CT molecular complexity index is 615. The Morgan fingerprint density at radius 3 is 2.62 bits per heavy atom. The fourth-order valence-corrected chi connectivity index (χ4v) is 2.67. The molecule has 110 valence electrons. The monoisotopic (exact) mass is 303 g/mol. The number of nitrogens with one attached hydrogen (secondary N) is 1. The van der Waals surface area contributed by atoms with Gasteiger partial charge in [-0.1, -0.05) is 36.4 Å². The zero-order valence-corrected chi connectivity index (χ0v) is 12.9. The summed E-state index contributed by atoms with van der Waals surface area (Å²) in [6, 6.07) is 14.7. The van der Waals surface area contributed by atoms with E-state index < -0.39 is 5.82 Å². The summed E-state index contributed by atoms with van der Waals surface area (Å²) in [5.74, 6) is 0.175. The Morgan fingerprint density at radius 1 is 1.24 bits per heavy atom. The van der Waals surface area contributed by atoms with Gasteiger partial charge in [-0.2, -0.15) is 0 Å². The topological polar surface area (TPSA) is 29.1 Å². The van der Waals surface area contributed by atoms with Crippen molar-refractivity contribution in [3.8, 4) is 0 Å². The van der Waals surface area contributed by atoms with Gasteiger partial charge in [0.2, 0.25) is 5.91 Å². The van der Waals surface area contributed by atoms with Crippen LogP contribution in [0, 0.1) is 12.7 Å².